The monoisotopic (exact) mass is 490 g/mol. The molecule has 1 fully saturated rings. The van der Waals surface area contributed by atoms with E-state index in [1.807, 2.05) is 6.92 Å². The van der Waals surface area contributed by atoms with Crippen molar-refractivity contribution in [3.8, 4) is 11.3 Å². The molecule has 5 N–H and O–H groups in total. The van der Waals surface area contributed by atoms with Crippen molar-refractivity contribution in [3.05, 3.63) is 47.2 Å². The third-order valence-electron chi connectivity index (χ3n) is 6.34. The lowest BCUT2D eigenvalue weighted by atomic mass is 9.90. The fourth-order valence-corrected chi connectivity index (χ4v) is 3.67. The lowest BCUT2D eigenvalue weighted by Crippen LogP contribution is -2.32. The van der Waals surface area contributed by atoms with Gasteiger partial charge in [-0.3, -0.25) is 9.59 Å². The molecule has 2 amide bonds. The number of amides is 2. The number of alkyl halides is 3. The van der Waals surface area contributed by atoms with E-state index < -0.39 is 30.3 Å². The van der Waals surface area contributed by atoms with Crippen molar-refractivity contribution in [2.24, 2.45) is 5.73 Å². The Hall–Kier alpha value is -3.83. The molecule has 1 unspecified atom stereocenters. The van der Waals surface area contributed by atoms with Crippen LogP contribution in [0.1, 0.15) is 48.4 Å². The Kier molecular flexibility index (Phi) is 6.07. The number of hydrogen-bond donors (Lipinski definition) is 3. The molecule has 35 heavy (non-hydrogen) atoms. The molecule has 186 valence electrons. The van der Waals surface area contributed by atoms with Crippen LogP contribution < -0.4 is 16.8 Å². The van der Waals surface area contributed by atoms with Crippen LogP contribution in [0.3, 0.4) is 0 Å². The van der Waals surface area contributed by atoms with Crippen LogP contribution in [0, 0.1) is 0 Å². The first kappa shape index (κ1) is 24.3. The molecular formula is C23H25F3N6O3. The van der Waals surface area contributed by atoms with Crippen molar-refractivity contribution in [1.82, 2.24) is 14.9 Å². The Labute approximate surface area is 198 Å². The number of nitrogens with one attached hydrogen (secondary N) is 1. The van der Waals surface area contributed by atoms with Crippen molar-refractivity contribution in [1.29, 1.82) is 0 Å². The van der Waals surface area contributed by atoms with Crippen molar-refractivity contribution < 1.29 is 27.3 Å². The van der Waals surface area contributed by atoms with Gasteiger partial charge in [-0.25, -0.2) is 17.9 Å². The van der Waals surface area contributed by atoms with Gasteiger partial charge in [-0.1, -0.05) is 29.4 Å². The van der Waals surface area contributed by atoms with Gasteiger partial charge < -0.3 is 21.3 Å². The summed E-state index contributed by atoms with van der Waals surface area (Å²) in [6.45, 7) is 1.66. The standard InChI is InChI=1S/C23H25F3N6O3/c1-22(7-8-22)32-19(27)17(20(28)34)18(30-32)13-5-3-12(4-6-13)9-16(33)29-15-10-14(35-31-15)23(2,11-24)21(25)26/h3-6,10,21H,7-9,11,27H2,1-2H3,(H2,28,34)(H,29,31,33). The first-order valence-electron chi connectivity index (χ1n) is 10.9. The van der Waals surface area contributed by atoms with Gasteiger partial charge >= 0.3 is 0 Å². The molecule has 0 spiro atoms. The largest absolute Gasteiger partial charge is 0.383 e. The maximum Gasteiger partial charge on any atom is 0.254 e. The SMILES string of the molecule is CC(CF)(c1cc(NC(=O)Cc2ccc(-c3nn(C4(C)CC4)c(N)c3C(N)=O)cc2)no1)C(F)F. The van der Waals surface area contributed by atoms with Crippen LogP contribution in [0.2, 0.25) is 0 Å². The van der Waals surface area contributed by atoms with Crippen molar-refractivity contribution in [3.63, 3.8) is 0 Å². The number of benzene rings is 1. The van der Waals surface area contributed by atoms with E-state index in [0.29, 0.717) is 16.8 Å². The molecule has 1 aliphatic carbocycles. The number of hydrogen-bond acceptors (Lipinski definition) is 6. The smallest absolute Gasteiger partial charge is 0.254 e. The molecule has 12 heteroatoms. The van der Waals surface area contributed by atoms with Gasteiger partial charge in [0.15, 0.2) is 11.6 Å². The summed E-state index contributed by atoms with van der Waals surface area (Å²) in [4.78, 5) is 24.4. The van der Waals surface area contributed by atoms with Gasteiger partial charge in [0.25, 0.3) is 12.3 Å². The molecule has 2 aromatic heterocycles. The fraction of sp³-hybridized carbons (Fsp3) is 0.391. The molecular weight excluding hydrogens is 465 g/mol. The number of carbonyl (C=O) groups is 2. The zero-order valence-corrected chi connectivity index (χ0v) is 19.1. The highest BCUT2D eigenvalue weighted by Gasteiger charge is 2.43. The summed E-state index contributed by atoms with van der Waals surface area (Å²) in [5.74, 6) is -1.40. The van der Waals surface area contributed by atoms with Gasteiger partial charge in [-0.2, -0.15) is 5.10 Å². The van der Waals surface area contributed by atoms with E-state index in [-0.39, 0.29) is 34.9 Å². The summed E-state index contributed by atoms with van der Waals surface area (Å²) in [6, 6.07) is 7.83. The Bertz CT molecular complexity index is 1270. The number of anilines is 2. The summed E-state index contributed by atoms with van der Waals surface area (Å²) in [6.07, 6.45) is -1.28. The molecule has 0 radical (unpaired) electrons. The van der Waals surface area contributed by atoms with E-state index in [1.54, 1.807) is 28.9 Å². The average Bonchev–Trinajstić information content (AvgIpc) is 3.21. The minimum Gasteiger partial charge on any atom is -0.383 e. The molecule has 4 rings (SSSR count). The number of halogens is 3. The number of aromatic nitrogens is 3. The third-order valence-corrected chi connectivity index (χ3v) is 6.34. The highest BCUT2D eigenvalue weighted by molar-refractivity contribution is 6.03. The van der Waals surface area contributed by atoms with Crippen LogP contribution in [0.15, 0.2) is 34.9 Å². The van der Waals surface area contributed by atoms with Gasteiger partial charge in [0, 0.05) is 11.6 Å². The second kappa shape index (κ2) is 8.75. The number of primary amides is 1. The Morgan fingerprint density at radius 2 is 1.94 bits per heavy atom. The molecule has 1 aliphatic rings. The number of nitrogens with two attached hydrogens (primary N) is 2. The second-order valence-corrected chi connectivity index (χ2v) is 9.23. The Morgan fingerprint density at radius 1 is 1.29 bits per heavy atom. The zero-order valence-electron chi connectivity index (χ0n) is 19.1. The van der Waals surface area contributed by atoms with Crippen LogP contribution in [0.5, 0.6) is 0 Å². The van der Waals surface area contributed by atoms with Gasteiger partial charge in [-0.05, 0) is 32.3 Å². The maximum atomic E-state index is 13.2. The normalized spacial score (nSPS) is 16.2. The molecule has 0 aliphatic heterocycles. The number of nitrogens with zero attached hydrogens (tertiary/aromatic N) is 3. The lowest BCUT2D eigenvalue weighted by molar-refractivity contribution is -0.115. The number of rotatable bonds is 9. The summed E-state index contributed by atoms with van der Waals surface area (Å²) in [5, 5.41) is 10.5. The maximum absolute atomic E-state index is 13.2. The minimum absolute atomic E-state index is 0.0605. The van der Waals surface area contributed by atoms with E-state index in [2.05, 4.69) is 15.6 Å². The molecule has 1 atom stereocenters. The van der Waals surface area contributed by atoms with Crippen LogP contribution >= 0.6 is 0 Å². The van der Waals surface area contributed by atoms with E-state index in [0.717, 1.165) is 25.8 Å². The summed E-state index contributed by atoms with van der Waals surface area (Å²) in [5.41, 5.74) is 11.1. The van der Waals surface area contributed by atoms with Gasteiger partial charge in [-0.15, -0.1) is 0 Å². The summed E-state index contributed by atoms with van der Waals surface area (Å²) < 4.78 is 46.0. The van der Waals surface area contributed by atoms with Crippen molar-refractivity contribution in [2.45, 2.75) is 50.5 Å². The molecule has 9 nitrogen and oxygen atoms in total. The highest BCUT2D eigenvalue weighted by Crippen LogP contribution is 2.45. The first-order chi connectivity index (χ1) is 16.5. The predicted octanol–water partition coefficient (Wildman–Crippen LogP) is 3.40. The predicted molar refractivity (Wildman–Crippen MR) is 122 cm³/mol. The van der Waals surface area contributed by atoms with Gasteiger partial charge in [0.1, 0.15) is 29.2 Å². The summed E-state index contributed by atoms with van der Waals surface area (Å²) >= 11 is 0. The zero-order chi connectivity index (χ0) is 25.5. The van der Waals surface area contributed by atoms with Crippen LogP contribution in [-0.4, -0.2) is 39.9 Å². The molecule has 1 saturated carbocycles. The van der Waals surface area contributed by atoms with E-state index in [1.165, 1.54) is 0 Å². The number of carbonyl (C=O) groups excluding carboxylic acids is 2. The molecule has 2 heterocycles. The van der Waals surface area contributed by atoms with Crippen molar-refractivity contribution in [2.75, 3.05) is 17.7 Å². The van der Waals surface area contributed by atoms with Gasteiger partial charge in [0.05, 0.1) is 12.0 Å². The fourth-order valence-electron chi connectivity index (χ4n) is 3.67. The third kappa shape index (κ3) is 4.47. The summed E-state index contributed by atoms with van der Waals surface area (Å²) in [7, 11) is 0. The topological polar surface area (TPSA) is 142 Å². The van der Waals surface area contributed by atoms with E-state index in [4.69, 9.17) is 16.0 Å². The van der Waals surface area contributed by atoms with Crippen LogP contribution in [0.25, 0.3) is 11.3 Å². The highest BCUT2D eigenvalue weighted by atomic mass is 19.3. The first-order valence-corrected chi connectivity index (χ1v) is 10.9. The Balaban J connectivity index is 1.47. The quantitative estimate of drug-likeness (QED) is 0.420. The van der Waals surface area contributed by atoms with E-state index in [9.17, 15) is 22.8 Å². The average molecular weight is 490 g/mol. The van der Waals surface area contributed by atoms with Gasteiger partial charge in [0.2, 0.25) is 5.91 Å². The molecule has 0 saturated heterocycles. The van der Waals surface area contributed by atoms with Crippen LogP contribution in [0.4, 0.5) is 24.8 Å². The molecule has 3 aromatic rings. The van der Waals surface area contributed by atoms with E-state index >= 15 is 0 Å². The van der Waals surface area contributed by atoms with Crippen LogP contribution in [-0.2, 0) is 22.2 Å². The lowest BCUT2D eigenvalue weighted by Gasteiger charge is -2.21. The minimum atomic E-state index is -3.01. The number of nitrogen functional groups attached to an aromatic ring is 1. The van der Waals surface area contributed by atoms with Crippen molar-refractivity contribution >= 4 is 23.5 Å². The Morgan fingerprint density at radius 3 is 2.49 bits per heavy atom. The molecule has 1 aromatic carbocycles. The second-order valence-electron chi connectivity index (χ2n) is 9.23. The molecule has 0 bridgehead atoms.